The Morgan fingerprint density at radius 3 is 2.83 bits per heavy atom. The van der Waals surface area contributed by atoms with Crippen molar-refractivity contribution in [2.24, 2.45) is 11.1 Å². The maximum absolute atomic E-state index is 12.7. The van der Waals surface area contributed by atoms with Gasteiger partial charge in [-0.25, -0.2) is 4.98 Å². The molecular formula is C23H32N4O2. The molecule has 0 radical (unpaired) electrons. The molecule has 4 rings (SSSR count). The molecule has 2 aromatic rings. The fourth-order valence-electron chi connectivity index (χ4n) is 5.08. The average molecular weight is 397 g/mol. The second-order valence-corrected chi connectivity index (χ2v) is 8.51. The highest BCUT2D eigenvalue weighted by molar-refractivity contribution is 5.82. The van der Waals surface area contributed by atoms with Gasteiger partial charge in [0.15, 0.2) is 0 Å². The molecule has 2 unspecified atom stereocenters. The van der Waals surface area contributed by atoms with Crippen molar-refractivity contribution >= 4 is 5.91 Å². The fraction of sp³-hybridized carbons (Fsp3) is 0.565. The van der Waals surface area contributed by atoms with E-state index >= 15 is 0 Å². The predicted molar refractivity (Wildman–Crippen MR) is 112 cm³/mol. The monoisotopic (exact) mass is 396 g/mol. The Hall–Kier alpha value is -2.18. The Labute approximate surface area is 172 Å². The second kappa shape index (κ2) is 8.67. The summed E-state index contributed by atoms with van der Waals surface area (Å²) < 4.78 is 7.97. The van der Waals surface area contributed by atoms with Crippen molar-refractivity contribution in [1.29, 1.82) is 0 Å². The third kappa shape index (κ3) is 4.23. The number of imidazole rings is 1. The quantitative estimate of drug-likeness (QED) is 0.719. The number of nitrogens with zero attached hydrogens (tertiary/aromatic N) is 2. The van der Waals surface area contributed by atoms with E-state index in [-0.39, 0.29) is 23.5 Å². The lowest BCUT2D eigenvalue weighted by Crippen LogP contribution is -2.65. The topological polar surface area (TPSA) is 82.2 Å². The largest absolute Gasteiger partial charge is 0.378 e. The fourth-order valence-corrected chi connectivity index (χ4v) is 5.08. The molecule has 6 heteroatoms. The van der Waals surface area contributed by atoms with Crippen LogP contribution in [0.3, 0.4) is 0 Å². The number of hydrogen-bond donors (Lipinski definition) is 2. The molecule has 2 saturated carbocycles. The summed E-state index contributed by atoms with van der Waals surface area (Å²) in [4.78, 5) is 17.2. The Kier molecular flexibility index (Phi) is 6.01. The zero-order valence-electron chi connectivity index (χ0n) is 17.2. The molecule has 1 aromatic heterocycles. The summed E-state index contributed by atoms with van der Waals surface area (Å²) in [5.41, 5.74) is 8.42. The SMILES string of the molecule is CCOC1CC(NC(=O)[C@@H](N)Cc2cn(Cc3ccccc3)cn2)C12CCCC2. The van der Waals surface area contributed by atoms with E-state index in [1.54, 1.807) is 6.33 Å². The van der Waals surface area contributed by atoms with Gasteiger partial charge in [0, 0.05) is 37.2 Å². The van der Waals surface area contributed by atoms with Crippen LogP contribution in [0, 0.1) is 5.41 Å². The number of amides is 1. The van der Waals surface area contributed by atoms with Gasteiger partial charge in [-0.05, 0) is 31.7 Å². The molecular weight excluding hydrogens is 364 g/mol. The van der Waals surface area contributed by atoms with Crippen molar-refractivity contribution in [2.75, 3.05) is 6.61 Å². The van der Waals surface area contributed by atoms with Gasteiger partial charge in [0.2, 0.25) is 5.91 Å². The van der Waals surface area contributed by atoms with E-state index in [1.807, 2.05) is 35.9 Å². The van der Waals surface area contributed by atoms with Gasteiger partial charge in [-0.1, -0.05) is 43.2 Å². The highest BCUT2D eigenvalue weighted by Crippen LogP contribution is 2.54. The van der Waals surface area contributed by atoms with Gasteiger partial charge in [0.25, 0.3) is 0 Å². The number of ether oxygens (including phenoxy) is 1. The standard InChI is InChI=1S/C23H32N4O2/c1-2-29-21-13-20(23(21)10-6-7-11-23)26-22(28)19(24)12-18-15-27(16-25-18)14-17-8-4-3-5-9-17/h3-5,8-9,15-16,19-21H,2,6-7,10-14,24H2,1H3,(H,26,28)/t19-,20?,21?/m0/s1. The zero-order chi connectivity index (χ0) is 20.3. The average Bonchev–Trinajstić information content (AvgIpc) is 3.39. The first-order valence-corrected chi connectivity index (χ1v) is 10.8. The zero-order valence-corrected chi connectivity index (χ0v) is 17.2. The molecule has 0 bridgehead atoms. The van der Waals surface area contributed by atoms with Crippen LogP contribution < -0.4 is 11.1 Å². The van der Waals surface area contributed by atoms with Crippen LogP contribution in [0.2, 0.25) is 0 Å². The predicted octanol–water partition coefficient (Wildman–Crippen LogP) is 2.66. The molecule has 6 nitrogen and oxygen atoms in total. The number of nitrogens with two attached hydrogens (primary N) is 1. The van der Waals surface area contributed by atoms with Crippen LogP contribution >= 0.6 is 0 Å². The molecule has 2 aliphatic carbocycles. The molecule has 3 atom stereocenters. The molecule has 0 aliphatic heterocycles. The van der Waals surface area contributed by atoms with Crippen LogP contribution in [-0.2, 0) is 22.5 Å². The molecule has 1 heterocycles. The van der Waals surface area contributed by atoms with Crippen LogP contribution in [-0.4, -0.2) is 40.3 Å². The van der Waals surface area contributed by atoms with Crippen molar-refractivity contribution in [3.8, 4) is 0 Å². The maximum atomic E-state index is 12.7. The normalized spacial score (nSPS) is 23.7. The lowest BCUT2D eigenvalue weighted by atomic mass is 9.60. The number of hydrogen-bond acceptors (Lipinski definition) is 4. The molecule has 2 fully saturated rings. The molecule has 2 aliphatic rings. The molecule has 0 saturated heterocycles. The highest BCUT2D eigenvalue weighted by atomic mass is 16.5. The maximum Gasteiger partial charge on any atom is 0.237 e. The van der Waals surface area contributed by atoms with Gasteiger partial charge in [-0.3, -0.25) is 4.79 Å². The number of carbonyl (C=O) groups is 1. The molecule has 29 heavy (non-hydrogen) atoms. The van der Waals surface area contributed by atoms with Gasteiger partial charge in [-0.2, -0.15) is 0 Å². The first-order chi connectivity index (χ1) is 14.1. The lowest BCUT2D eigenvalue weighted by Gasteiger charge is -2.54. The van der Waals surface area contributed by atoms with E-state index in [2.05, 4.69) is 22.4 Å². The van der Waals surface area contributed by atoms with Crippen molar-refractivity contribution in [3.05, 3.63) is 54.1 Å². The summed E-state index contributed by atoms with van der Waals surface area (Å²) >= 11 is 0. The first kappa shape index (κ1) is 20.1. The number of carbonyl (C=O) groups excluding carboxylic acids is 1. The summed E-state index contributed by atoms with van der Waals surface area (Å²) in [6.45, 7) is 3.54. The number of aromatic nitrogens is 2. The Bertz CT molecular complexity index is 813. The van der Waals surface area contributed by atoms with Gasteiger partial charge in [0.1, 0.15) is 0 Å². The second-order valence-electron chi connectivity index (χ2n) is 8.51. The van der Waals surface area contributed by atoms with Crippen LogP contribution in [0.25, 0.3) is 0 Å². The molecule has 156 valence electrons. The molecule has 3 N–H and O–H groups in total. The van der Waals surface area contributed by atoms with Crippen LogP contribution in [0.5, 0.6) is 0 Å². The van der Waals surface area contributed by atoms with Crippen molar-refractivity contribution < 1.29 is 9.53 Å². The minimum absolute atomic E-state index is 0.0752. The minimum Gasteiger partial charge on any atom is -0.378 e. The van der Waals surface area contributed by atoms with Crippen LogP contribution in [0.1, 0.15) is 50.3 Å². The number of benzene rings is 1. The molecule has 1 aromatic carbocycles. The molecule has 1 spiro atoms. The van der Waals surface area contributed by atoms with E-state index in [4.69, 9.17) is 10.5 Å². The summed E-state index contributed by atoms with van der Waals surface area (Å²) in [7, 11) is 0. The smallest absolute Gasteiger partial charge is 0.237 e. The van der Waals surface area contributed by atoms with Crippen LogP contribution in [0.4, 0.5) is 0 Å². The van der Waals surface area contributed by atoms with Crippen molar-refractivity contribution in [3.63, 3.8) is 0 Å². The van der Waals surface area contributed by atoms with Crippen molar-refractivity contribution in [1.82, 2.24) is 14.9 Å². The highest BCUT2D eigenvalue weighted by Gasteiger charge is 2.57. The number of rotatable bonds is 8. The Balaban J connectivity index is 1.31. The lowest BCUT2D eigenvalue weighted by molar-refractivity contribution is -0.144. The van der Waals surface area contributed by atoms with E-state index in [0.717, 1.165) is 38.1 Å². The summed E-state index contributed by atoms with van der Waals surface area (Å²) in [6, 6.07) is 9.85. The van der Waals surface area contributed by atoms with E-state index in [0.29, 0.717) is 6.42 Å². The Morgan fingerprint density at radius 2 is 2.10 bits per heavy atom. The van der Waals surface area contributed by atoms with Crippen molar-refractivity contribution in [2.45, 2.75) is 70.2 Å². The van der Waals surface area contributed by atoms with E-state index in [1.165, 1.54) is 18.4 Å². The number of nitrogens with one attached hydrogen (secondary N) is 1. The third-order valence-electron chi connectivity index (χ3n) is 6.66. The summed E-state index contributed by atoms with van der Waals surface area (Å²) in [5, 5.41) is 3.23. The van der Waals surface area contributed by atoms with E-state index in [9.17, 15) is 4.79 Å². The summed E-state index contributed by atoms with van der Waals surface area (Å²) in [5.74, 6) is -0.0752. The Morgan fingerprint density at radius 1 is 1.34 bits per heavy atom. The third-order valence-corrected chi connectivity index (χ3v) is 6.66. The van der Waals surface area contributed by atoms with E-state index < -0.39 is 6.04 Å². The van der Waals surface area contributed by atoms with Gasteiger partial charge in [0.05, 0.1) is 24.2 Å². The van der Waals surface area contributed by atoms with Gasteiger partial charge < -0.3 is 20.4 Å². The first-order valence-electron chi connectivity index (χ1n) is 10.8. The minimum atomic E-state index is -0.584. The summed E-state index contributed by atoms with van der Waals surface area (Å²) in [6.07, 6.45) is 10.1. The molecule has 1 amide bonds. The van der Waals surface area contributed by atoms with Gasteiger partial charge in [-0.15, -0.1) is 0 Å². The van der Waals surface area contributed by atoms with Gasteiger partial charge >= 0.3 is 0 Å². The van der Waals surface area contributed by atoms with Crippen LogP contribution in [0.15, 0.2) is 42.9 Å².